The van der Waals surface area contributed by atoms with E-state index in [2.05, 4.69) is 10.6 Å². The highest BCUT2D eigenvalue weighted by Crippen LogP contribution is 2.18. The molecule has 0 spiro atoms. The molecule has 114 valence electrons. The van der Waals surface area contributed by atoms with Crippen molar-refractivity contribution in [2.45, 2.75) is 12.1 Å². The zero-order valence-corrected chi connectivity index (χ0v) is 12.2. The van der Waals surface area contributed by atoms with Gasteiger partial charge in [0.25, 0.3) is 0 Å². The lowest BCUT2D eigenvalue weighted by atomic mass is 10.0. The average Bonchev–Trinajstić information content (AvgIpc) is 3.01. The smallest absolute Gasteiger partial charge is 0.333 e. The van der Waals surface area contributed by atoms with Crippen LogP contribution in [0.3, 0.4) is 0 Å². The van der Waals surface area contributed by atoms with Gasteiger partial charge in [-0.15, -0.1) is 0 Å². The Morgan fingerprint density at radius 2 is 2.00 bits per heavy atom. The maximum Gasteiger partial charge on any atom is 0.333 e. The minimum atomic E-state index is -0.804. The number of rotatable bonds is 5. The molecule has 0 bridgehead atoms. The topological polar surface area (TPSA) is 76.7 Å². The molecule has 0 saturated carbocycles. The molecule has 3 unspecified atom stereocenters. The lowest BCUT2D eigenvalue weighted by molar-refractivity contribution is -0.145. The fraction of sp³-hybridized carbons (Fsp3) is 0.467. The summed E-state index contributed by atoms with van der Waals surface area (Å²) in [6.45, 7) is 0.836. The fourth-order valence-corrected chi connectivity index (χ4v) is 2.39. The van der Waals surface area contributed by atoms with Crippen molar-refractivity contribution in [1.29, 1.82) is 0 Å². The highest BCUT2D eigenvalue weighted by atomic mass is 16.5. The second kappa shape index (κ2) is 7.19. The molecule has 0 radical (unpaired) electrons. The van der Waals surface area contributed by atoms with E-state index in [1.165, 1.54) is 7.11 Å². The number of carbonyl (C=O) groups is 2. The Balaban J connectivity index is 2.12. The zero-order chi connectivity index (χ0) is 15.2. The number of likely N-dealkylation sites (N-methyl/N-ethyl adjacent to an activating group) is 1. The molecule has 1 fully saturated rings. The number of carbonyl (C=O) groups excluding carboxylic acids is 2. The number of amides is 1. The summed E-state index contributed by atoms with van der Waals surface area (Å²) < 4.78 is 10.1. The second-order valence-corrected chi connectivity index (χ2v) is 4.91. The SMILES string of the molecule is CNC1COCC1C(=O)NC(C(=O)OC)c1ccccc1. The summed E-state index contributed by atoms with van der Waals surface area (Å²) in [5.41, 5.74) is 0.692. The van der Waals surface area contributed by atoms with Gasteiger partial charge in [0.05, 0.1) is 26.2 Å². The van der Waals surface area contributed by atoms with Crippen LogP contribution in [0.25, 0.3) is 0 Å². The van der Waals surface area contributed by atoms with E-state index in [4.69, 9.17) is 9.47 Å². The molecule has 1 aliphatic heterocycles. The van der Waals surface area contributed by atoms with Gasteiger partial charge in [-0.2, -0.15) is 0 Å². The van der Waals surface area contributed by atoms with Crippen LogP contribution in [0.15, 0.2) is 30.3 Å². The van der Waals surface area contributed by atoms with Gasteiger partial charge in [0, 0.05) is 6.04 Å². The van der Waals surface area contributed by atoms with Gasteiger partial charge in [0.15, 0.2) is 6.04 Å². The molecular formula is C15H20N2O4. The van der Waals surface area contributed by atoms with E-state index in [1.807, 2.05) is 18.2 Å². The van der Waals surface area contributed by atoms with E-state index in [9.17, 15) is 9.59 Å². The Kier molecular flexibility index (Phi) is 5.30. The second-order valence-electron chi connectivity index (χ2n) is 4.91. The van der Waals surface area contributed by atoms with Gasteiger partial charge >= 0.3 is 5.97 Å². The molecule has 1 aromatic rings. The van der Waals surface area contributed by atoms with E-state index in [0.29, 0.717) is 18.8 Å². The van der Waals surface area contributed by atoms with E-state index in [1.54, 1.807) is 19.2 Å². The van der Waals surface area contributed by atoms with Crippen molar-refractivity contribution >= 4 is 11.9 Å². The molecule has 2 rings (SSSR count). The Labute approximate surface area is 123 Å². The lowest BCUT2D eigenvalue weighted by Gasteiger charge is -2.21. The third kappa shape index (κ3) is 3.59. The largest absolute Gasteiger partial charge is 0.467 e. The summed E-state index contributed by atoms with van der Waals surface area (Å²) in [6.07, 6.45) is 0. The van der Waals surface area contributed by atoms with Crippen molar-refractivity contribution in [1.82, 2.24) is 10.6 Å². The van der Waals surface area contributed by atoms with Crippen LogP contribution in [0.2, 0.25) is 0 Å². The van der Waals surface area contributed by atoms with Crippen LogP contribution in [-0.4, -0.2) is 45.3 Å². The number of nitrogens with one attached hydrogen (secondary N) is 2. The maximum absolute atomic E-state index is 12.4. The third-order valence-electron chi connectivity index (χ3n) is 3.64. The van der Waals surface area contributed by atoms with Gasteiger partial charge in [-0.1, -0.05) is 30.3 Å². The molecule has 6 nitrogen and oxygen atoms in total. The van der Waals surface area contributed by atoms with Gasteiger partial charge < -0.3 is 20.1 Å². The van der Waals surface area contributed by atoms with Gasteiger partial charge in [-0.3, -0.25) is 4.79 Å². The summed E-state index contributed by atoms with van der Waals surface area (Å²) in [4.78, 5) is 24.3. The lowest BCUT2D eigenvalue weighted by Crippen LogP contribution is -2.45. The van der Waals surface area contributed by atoms with Crippen molar-refractivity contribution < 1.29 is 19.1 Å². The Bertz CT molecular complexity index is 492. The molecular weight excluding hydrogens is 272 g/mol. The van der Waals surface area contributed by atoms with Gasteiger partial charge in [-0.25, -0.2) is 4.79 Å². The summed E-state index contributed by atoms with van der Waals surface area (Å²) in [6, 6.07) is 8.19. The number of hydrogen-bond donors (Lipinski definition) is 2. The first-order valence-electron chi connectivity index (χ1n) is 6.85. The monoisotopic (exact) mass is 292 g/mol. The van der Waals surface area contributed by atoms with Crippen LogP contribution < -0.4 is 10.6 Å². The first-order chi connectivity index (χ1) is 10.2. The van der Waals surface area contributed by atoms with Gasteiger partial charge in [-0.05, 0) is 12.6 Å². The van der Waals surface area contributed by atoms with Crippen LogP contribution >= 0.6 is 0 Å². The normalized spacial score (nSPS) is 22.6. The van der Waals surface area contributed by atoms with Crippen molar-refractivity contribution in [3.05, 3.63) is 35.9 Å². The number of esters is 1. The van der Waals surface area contributed by atoms with Gasteiger partial charge in [0.1, 0.15) is 0 Å². The fourth-order valence-electron chi connectivity index (χ4n) is 2.39. The first kappa shape index (κ1) is 15.5. The number of benzene rings is 1. The quantitative estimate of drug-likeness (QED) is 0.761. The molecule has 1 saturated heterocycles. The number of ether oxygens (including phenoxy) is 2. The molecule has 6 heteroatoms. The zero-order valence-electron chi connectivity index (χ0n) is 12.2. The predicted octanol–water partition coefficient (Wildman–Crippen LogP) is 0.251. The summed E-state index contributed by atoms with van der Waals surface area (Å²) in [5.74, 6) is -1.02. The van der Waals surface area contributed by atoms with Crippen LogP contribution in [0.5, 0.6) is 0 Å². The molecule has 0 aromatic heterocycles. The summed E-state index contributed by atoms with van der Waals surface area (Å²) in [7, 11) is 3.09. The van der Waals surface area contributed by atoms with Crippen LogP contribution in [0, 0.1) is 5.92 Å². The molecule has 21 heavy (non-hydrogen) atoms. The Morgan fingerprint density at radius 1 is 1.29 bits per heavy atom. The van der Waals surface area contributed by atoms with Gasteiger partial charge in [0.2, 0.25) is 5.91 Å². The minimum Gasteiger partial charge on any atom is -0.467 e. The van der Waals surface area contributed by atoms with Crippen molar-refractivity contribution in [3.8, 4) is 0 Å². The van der Waals surface area contributed by atoms with E-state index in [-0.39, 0.29) is 17.9 Å². The predicted molar refractivity (Wildman–Crippen MR) is 76.5 cm³/mol. The maximum atomic E-state index is 12.4. The molecule has 1 heterocycles. The van der Waals surface area contributed by atoms with Crippen molar-refractivity contribution in [3.63, 3.8) is 0 Å². The van der Waals surface area contributed by atoms with Crippen LogP contribution in [0.4, 0.5) is 0 Å². The Hall–Kier alpha value is -1.92. The van der Waals surface area contributed by atoms with Crippen LogP contribution in [0.1, 0.15) is 11.6 Å². The highest BCUT2D eigenvalue weighted by Gasteiger charge is 2.35. The number of methoxy groups -OCH3 is 1. The van der Waals surface area contributed by atoms with Crippen LogP contribution in [-0.2, 0) is 19.1 Å². The first-order valence-corrected chi connectivity index (χ1v) is 6.85. The molecule has 1 aromatic carbocycles. The highest BCUT2D eigenvalue weighted by molar-refractivity contribution is 5.87. The average molecular weight is 292 g/mol. The third-order valence-corrected chi connectivity index (χ3v) is 3.64. The molecule has 3 atom stereocenters. The molecule has 1 amide bonds. The molecule has 0 aliphatic carbocycles. The summed E-state index contributed by atoms with van der Waals surface area (Å²) >= 11 is 0. The molecule has 1 aliphatic rings. The van der Waals surface area contributed by atoms with Crippen molar-refractivity contribution in [2.75, 3.05) is 27.4 Å². The van der Waals surface area contributed by atoms with Crippen molar-refractivity contribution in [2.24, 2.45) is 5.92 Å². The van der Waals surface area contributed by atoms with E-state index < -0.39 is 12.0 Å². The standard InChI is InChI=1S/C15H20N2O4/c1-16-12-9-21-8-11(12)14(18)17-13(15(19)20-2)10-6-4-3-5-7-10/h3-7,11-13,16H,8-9H2,1-2H3,(H,17,18). The number of hydrogen-bond acceptors (Lipinski definition) is 5. The summed E-state index contributed by atoms with van der Waals surface area (Å²) in [5, 5.41) is 5.81. The van der Waals surface area contributed by atoms with E-state index >= 15 is 0 Å². The Morgan fingerprint density at radius 3 is 2.62 bits per heavy atom. The minimum absolute atomic E-state index is 0.0425. The van der Waals surface area contributed by atoms with E-state index in [0.717, 1.165) is 0 Å². The molecule has 2 N–H and O–H groups in total.